The van der Waals surface area contributed by atoms with Crippen LogP contribution in [0.4, 0.5) is 0 Å². The Balaban J connectivity index is 5.03. The van der Waals surface area contributed by atoms with Crippen molar-refractivity contribution in [3.63, 3.8) is 0 Å². The molecule has 0 aromatic heterocycles. The molecule has 186 valence electrons. The fourth-order valence-electron chi connectivity index (χ4n) is 2.84. The number of amides is 3. The molecule has 0 rings (SSSR count). The van der Waals surface area contributed by atoms with E-state index >= 15 is 0 Å². The Labute approximate surface area is 194 Å². The molecule has 0 heterocycles. The minimum Gasteiger partial charge on any atom is -0.480 e. The molecule has 11 nitrogen and oxygen atoms in total. The lowest BCUT2D eigenvalue weighted by Gasteiger charge is -2.24. The first-order valence-electron chi connectivity index (χ1n) is 11.0. The van der Waals surface area contributed by atoms with Crippen LogP contribution in [0.3, 0.4) is 0 Å². The maximum absolute atomic E-state index is 12.7. The second-order valence-corrected chi connectivity index (χ2v) is 8.63. The zero-order valence-electron chi connectivity index (χ0n) is 19.1. The average molecular weight is 477 g/mol. The number of carboxylic acid groups (broad SMARTS) is 1. The molecular formula is C20H40N6O5S. The average Bonchev–Trinajstić information content (AvgIpc) is 2.75. The maximum Gasteiger partial charge on any atom is 0.326 e. The van der Waals surface area contributed by atoms with Gasteiger partial charge >= 0.3 is 5.97 Å². The number of aliphatic carboxylic acids is 1. The number of rotatable bonds is 18. The van der Waals surface area contributed by atoms with E-state index in [2.05, 4.69) is 16.0 Å². The number of nitrogens with two attached hydrogens (primary N) is 3. The minimum absolute atomic E-state index is 0.238. The van der Waals surface area contributed by atoms with Crippen LogP contribution in [0, 0.1) is 0 Å². The monoisotopic (exact) mass is 476 g/mol. The topological polar surface area (TPSA) is 203 Å². The van der Waals surface area contributed by atoms with Crippen molar-refractivity contribution in [3.05, 3.63) is 0 Å². The first-order valence-corrected chi connectivity index (χ1v) is 12.4. The van der Waals surface area contributed by atoms with Crippen molar-refractivity contribution in [1.29, 1.82) is 0 Å². The molecule has 0 aliphatic heterocycles. The third-order valence-corrected chi connectivity index (χ3v) is 5.51. The van der Waals surface area contributed by atoms with Crippen molar-refractivity contribution in [2.45, 2.75) is 76.0 Å². The summed E-state index contributed by atoms with van der Waals surface area (Å²) >= 11 is 1.57. The van der Waals surface area contributed by atoms with Crippen LogP contribution in [0.5, 0.6) is 0 Å². The van der Waals surface area contributed by atoms with E-state index in [1.165, 1.54) is 6.92 Å². The molecule has 4 unspecified atom stereocenters. The summed E-state index contributed by atoms with van der Waals surface area (Å²) in [4.78, 5) is 49.0. The molecule has 4 atom stereocenters. The summed E-state index contributed by atoms with van der Waals surface area (Å²) < 4.78 is 0. The molecule has 0 radical (unpaired) electrons. The number of unbranched alkanes of at least 4 members (excludes halogenated alkanes) is 2. The Bertz CT molecular complexity index is 595. The quantitative estimate of drug-likeness (QED) is 0.120. The first kappa shape index (κ1) is 30.1. The van der Waals surface area contributed by atoms with Gasteiger partial charge in [-0.15, -0.1) is 0 Å². The summed E-state index contributed by atoms with van der Waals surface area (Å²) in [7, 11) is 0. The molecule has 0 fully saturated rings. The smallest absolute Gasteiger partial charge is 0.326 e. The molecule has 0 aromatic rings. The van der Waals surface area contributed by atoms with Gasteiger partial charge in [0, 0.05) is 0 Å². The summed E-state index contributed by atoms with van der Waals surface area (Å²) in [5, 5.41) is 17.0. The van der Waals surface area contributed by atoms with Crippen LogP contribution in [-0.4, -0.2) is 78.1 Å². The van der Waals surface area contributed by atoms with Crippen LogP contribution >= 0.6 is 11.8 Å². The van der Waals surface area contributed by atoms with Gasteiger partial charge in [-0.05, 0) is 77.0 Å². The standard InChI is InChI=1S/C20H40N6O5S/c1-13(24-18(28)14(23)9-12-32-2)17(27)25-15(7-3-5-10-21)19(29)26-16(20(30)31)8-4-6-11-22/h13-16H,3-12,21-23H2,1-2H3,(H,24,28)(H,25,27)(H,26,29)(H,30,31). The molecule has 32 heavy (non-hydrogen) atoms. The molecule has 0 aromatic carbocycles. The summed E-state index contributed by atoms with van der Waals surface area (Å²) in [6.07, 6.45) is 5.33. The van der Waals surface area contributed by atoms with Crippen LogP contribution < -0.4 is 33.2 Å². The van der Waals surface area contributed by atoms with E-state index in [9.17, 15) is 24.3 Å². The van der Waals surface area contributed by atoms with Gasteiger partial charge in [0.15, 0.2) is 0 Å². The van der Waals surface area contributed by atoms with Gasteiger partial charge in [-0.3, -0.25) is 14.4 Å². The number of carbonyl (C=O) groups excluding carboxylic acids is 3. The van der Waals surface area contributed by atoms with E-state index in [1.807, 2.05) is 6.26 Å². The first-order chi connectivity index (χ1) is 15.2. The molecule has 0 spiro atoms. The molecule has 0 saturated carbocycles. The lowest BCUT2D eigenvalue weighted by atomic mass is 10.1. The van der Waals surface area contributed by atoms with Crippen molar-refractivity contribution in [2.24, 2.45) is 17.2 Å². The third kappa shape index (κ3) is 12.8. The van der Waals surface area contributed by atoms with E-state index < -0.39 is 47.9 Å². The lowest BCUT2D eigenvalue weighted by Crippen LogP contribution is -2.56. The Hall–Kier alpha value is -1.89. The number of hydrogen-bond acceptors (Lipinski definition) is 8. The third-order valence-electron chi connectivity index (χ3n) is 4.86. The van der Waals surface area contributed by atoms with Crippen LogP contribution in [0.25, 0.3) is 0 Å². The highest BCUT2D eigenvalue weighted by molar-refractivity contribution is 7.98. The van der Waals surface area contributed by atoms with Gasteiger partial charge < -0.3 is 38.3 Å². The number of carboxylic acids is 1. The summed E-state index contributed by atoms with van der Waals surface area (Å²) in [6, 6.07) is -3.66. The second-order valence-electron chi connectivity index (χ2n) is 7.65. The predicted octanol–water partition coefficient (Wildman–Crippen LogP) is -1.12. The van der Waals surface area contributed by atoms with Gasteiger partial charge in [0.2, 0.25) is 17.7 Å². The summed E-state index contributed by atoms with van der Waals surface area (Å²) in [6.45, 7) is 2.36. The second kappa shape index (κ2) is 17.6. The van der Waals surface area contributed by atoms with Gasteiger partial charge in [0.25, 0.3) is 0 Å². The molecule has 10 N–H and O–H groups in total. The highest BCUT2D eigenvalue weighted by Crippen LogP contribution is 2.06. The number of hydrogen-bond donors (Lipinski definition) is 7. The van der Waals surface area contributed by atoms with Gasteiger partial charge in [0.1, 0.15) is 18.1 Å². The van der Waals surface area contributed by atoms with E-state index in [1.54, 1.807) is 11.8 Å². The number of thioether (sulfide) groups is 1. The molecule has 0 saturated heterocycles. The van der Waals surface area contributed by atoms with Crippen LogP contribution in [0.2, 0.25) is 0 Å². The maximum atomic E-state index is 12.7. The van der Waals surface area contributed by atoms with E-state index in [0.29, 0.717) is 50.9 Å². The largest absolute Gasteiger partial charge is 0.480 e. The van der Waals surface area contributed by atoms with E-state index in [0.717, 1.165) is 0 Å². The highest BCUT2D eigenvalue weighted by Gasteiger charge is 2.28. The Morgan fingerprint density at radius 3 is 1.84 bits per heavy atom. The van der Waals surface area contributed by atoms with Gasteiger partial charge in [0.05, 0.1) is 6.04 Å². The van der Waals surface area contributed by atoms with Crippen molar-refractivity contribution >= 4 is 35.5 Å². The Kier molecular flexibility index (Phi) is 16.6. The van der Waals surface area contributed by atoms with Crippen molar-refractivity contribution in [1.82, 2.24) is 16.0 Å². The molecule has 3 amide bonds. The summed E-state index contributed by atoms with van der Waals surface area (Å²) in [5.41, 5.74) is 16.8. The van der Waals surface area contributed by atoms with Gasteiger partial charge in [-0.25, -0.2) is 4.79 Å². The molecule has 0 bridgehead atoms. The fraction of sp³-hybridized carbons (Fsp3) is 0.800. The van der Waals surface area contributed by atoms with Crippen LogP contribution in [0.15, 0.2) is 0 Å². The lowest BCUT2D eigenvalue weighted by molar-refractivity contribution is -0.142. The van der Waals surface area contributed by atoms with Gasteiger partial charge in [-0.1, -0.05) is 0 Å². The van der Waals surface area contributed by atoms with E-state index in [-0.39, 0.29) is 12.8 Å². The number of carbonyl (C=O) groups is 4. The van der Waals surface area contributed by atoms with Crippen LogP contribution in [-0.2, 0) is 19.2 Å². The molecular weight excluding hydrogens is 436 g/mol. The van der Waals surface area contributed by atoms with Crippen molar-refractivity contribution in [2.75, 3.05) is 25.1 Å². The Morgan fingerprint density at radius 1 is 0.812 bits per heavy atom. The summed E-state index contributed by atoms with van der Waals surface area (Å²) in [5.74, 6) is -2.03. The SMILES string of the molecule is CSCCC(N)C(=O)NC(C)C(=O)NC(CCCCN)C(=O)NC(CCCCN)C(=O)O. The van der Waals surface area contributed by atoms with E-state index in [4.69, 9.17) is 17.2 Å². The minimum atomic E-state index is -1.15. The molecule has 0 aliphatic carbocycles. The van der Waals surface area contributed by atoms with Crippen molar-refractivity contribution < 1.29 is 24.3 Å². The number of nitrogens with one attached hydrogen (secondary N) is 3. The molecule has 0 aliphatic rings. The zero-order valence-corrected chi connectivity index (χ0v) is 19.9. The molecule has 12 heteroatoms. The van der Waals surface area contributed by atoms with Gasteiger partial charge in [-0.2, -0.15) is 11.8 Å². The zero-order chi connectivity index (χ0) is 24.5. The predicted molar refractivity (Wildman–Crippen MR) is 126 cm³/mol. The van der Waals surface area contributed by atoms with Crippen molar-refractivity contribution in [3.8, 4) is 0 Å². The Morgan fingerprint density at radius 2 is 1.34 bits per heavy atom. The normalized spacial score (nSPS) is 14.7. The fourth-order valence-corrected chi connectivity index (χ4v) is 3.33. The highest BCUT2D eigenvalue weighted by atomic mass is 32.2. The van der Waals surface area contributed by atoms with Crippen LogP contribution in [0.1, 0.15) is 51.9 Å².